The first kappa shape index (κ1) is 13.4. The van der Waals surface area contributed by atoms with Crippen LogP contribution in [0.15, 0.2) is 22.7 Å². The molecule has 0 radical (unpaired) electrons. The molecule has 19 heavy (non-hydrogen) atoms. The second-order valence-electron chi connectivity index (χ2n) is 6.09. The molecule has 3 atom stereocenters. The van der Waals surface area contributed by atoms with Crippen LogP contribution in [0.3, 0.4) is 0 Å². The molecule has 1 aliphatic heterocycles. The van der Waals surface area contributed by atoms with Crippen LogP contribution in [-0.4, -0.2) is 12.6 Å². The Balaban J connectivity index is 1.87. The first-order valence-corrected chi connectivity index (χ1v) is 8.28. The van der Waals surface area contributed by atoms with Crippen molar-refractivity contribution >= 4 is 21.6 Å². The summed E-state index contributed by atoms with van der Waals surface area (Å²) in [6, 6.07) is 7.57. The normalized spacial score (nSPS) is 28.3. The molecule has 3 rings (SSSR count). The number of anilines is 1. The minimum absolute atomic E-state index is 0.0870. The van der Waals surface area contributed by atoms with E-state index >= 15 is 0 Å². The molecule has 1 aromatic carbocycles. The van der Waals surface area contributed by atoms with Crippen LogP contribution >= 0.6 is 15.9 Å². The quantitative estimate of drug-likeness (QED) is 0.882. The third-order valence-electron chi connectivity index (χ3n) is 4.80. The van der Waals surface area contributed by atoms with Gasteiger partial charge in [-0.2, -0.15) is 0 Å². The minimum Gasteiger partial charge on any atom is -0.368 e. The Morgan fingerprint density at radius 2 is 2.05 bits per heavy atom. The van der Waals surface area contributed by atoms with Gasteiger partial charge in [0.1, 0.15) is 0 Å². The summed E-state index contributed by atoms with van der Waals surface area (Å²) in [7, 11) is 0. The van der Waals surface area contributed by atoms with Gasteiger partial charge in [0.2, 0.25) is 0 Å². The Morgan fingerprint density at radius 3 is 2.79 bits per heavy atom. The van der Waals surface area contributed by atoms with Crippen molar-refractivity contribution in [2.24, 2.45) is 11.7 Å². The van der Waals surface area contributed by atoms with Gasteiger partial charge in [-0.15, -0.1) is 0 Å². The van der Waals surface area contributed by atoms with E-state index in [0.29, 0.717) is 0 Å². The van der Waals surface area contributed by atoms with Crippen LogP contribution in [0.4, 0.5) is 5.69 Å². The minimum atomic E-state index is 0.0870. The molecule has 3 heteroatoms. The fourth-order valence-electron chi connectivity index (χ4n) is 3.84. The van der Waals surface area contributed by atoms with E-state index in [0.717, 1.165) is 16.4 Å². The van der Waals surface area contributed by atoms with Crippen LogP contribution < -0.4 is 10.6 Å². The molecule has 1 saturated heterocycles. The summed E-state index contributed by atoms with van der Waals surface area (Å²) in [5.41, 5.74) is 8.55. The van der Waals surface area contributed by atoms with E-state index in [1.807, 2.05) is 6.92 Å². The molecular formula is C16H23BrN2. The van der Waals surface area contributed by atoms with Crippen LogP contribution in [0.5, 0.6) is 0 Å². The lowest BCUT2D eigenvalue weighted by Crippen LogP contribution is -2.42. The highest BCUT2D eigenvalue weighted by Crippen LogP contribution is 2.40. The van der Waals surface area contributed by atoms with E-state index in [1.54, 1.807) is 0 Å². The SMILES string of the molecule is CC(N)c1ccc(N2CCCC3CCCC32)cc1Br. The number of piperidine rings is 1. The summed E-state index contributed by atoms with van der Waals surface area (Å²) >= 11 is 3.68. The van der Waals surface area contributed by atoms with Gasteiger partial charge in [0.05, 0.1) is 0 Å². The van der Waals surface area contributed by atoms with Crippen molar-refractivity contribution < 1.29 is 0 Å². The van der Waals surface area contributed by atoms with Crippen LogP contribution in [0.25, 0.3) is 0 Å². The van der Waals surface area contributed by atoms with Crippen molar-refractivity contribution in [2.45, 2.75) is 51.1 Å². The molecule has 0 spiro atoms. The average Bonchev–Trinajstić information content (AvgIpc) is 2.86. The Bertz CT molecular complexity index is 458. The second-order valence-corrected chi connectivity index (χ2v) is 6.94. The number of hydrogen-bond donors (Lipinski definition) is 1. The maximum Gasteiger partial charge on any atom is 0.0380 e. The van der Waals surface area contributed by atoms with E-state index < -0.39 is 0 Å². The molecule has 2 fully saturated rings. The summed E-state index contributed by atoms with van der Waals surface area (Å²) in [4.78, 5) is 2.64. The monoisotopic (exact) mass is 322 g/mol. The molecule has 2 nitrogen and oxygen atoms in total. The van der Waals surface area contributed by atoms with Crippen molar-refractivity contribution in [2.75, 3.05) is 11.4 Å². The van der Waals surface area contributed by atoms with Gasteiger partial charge in [-0.3, -0.25) is 0 Å². The van der Waals surface area contributed by atoms with E-state index in [4.69, 9.17) is 5.73 Å². The van der Waals surface area contributed by atoms with Crippen LogP contribution in [0.2, 0.25) is 0 Å². The molecule has 2 aliphatic rings. The Hall–Kier alpha value is -0.540. The predicted molar refractivity (Wildman–Crippen MR) is 84.5 cm³/mol. The van der Waals surface area contributed by atoms with Crippen molar-refractivity contribution in [3.05, 3.63) is 28.2 Å². The van der Waals surface area contributed by atoms with Crippen molar-refractivity contribution in [1.29, 1.82) is 0 Å². The molecule has 104 valence electrons. The zero-order valence-electron chi connectivity index (χ0n) is 11.6. The highest BCUT2D eigenvalue weighted by molar-refractivity contribution is 9.10. The highest BCUT2D eigenvalue weighted by Gasteiger charge is 2.35. The topological polar surface area (TPSA) is 29.3 Å². The van der Waals surface area contributed by atoms with E-state index in [-0.39, 0.29) is 6.04 Å². The van der Waals surface area contributed by atoms with E-state index in [1.165, 1.54) is 49.9 Å². The molecule has 1 heterocycles. The lowest BCUT2D eigenvalue weighted by atomic mass is 9.91. The van der Waals surface area contributed by atoms with E-state index in [9.17, 15) is 0 Å². The smallest absolute Gasteiger partial charge is 0.0380 e. The number of halogens is 1. The summed E-state index contributed by atoms with van der Waals surface area (Å²) in [6.07, 6.45) is 6.98. The van der Waals surface area contributed by atoms with Crippen LogP contribution in [-0.2, 0) is 0 Å². The summed E-state index contributed by atoms with van der Waals surface area (Å²) in [6.45, 7) is 3.25. The lowest BCUT2D eigenvalue weighted by Gasteiger charge is -2.39. The maximum absolute atomic E-state index is 5.98. The molecule has 0 aromatic heterocycles. The number of hydrogen-bond acceptors (Lipinski definition) is 2. The Kier molecular flexibility index (Phi) is 3.86. The van der Waals surface area contributed by atoms with Gasteiger partial charge in [0, 0.05) is 28.8 Å². The molecule has 1 aliphatic carbocycles. The summed E-state index contributed by atoms with van der Waals surface area (Å²) in [5.74, 6) is 0.931. The number of nitrogens with zero attached hydrogens (tertiary/aromatic N) is 1. The number of fused-ring (bicyclic) bond motifs is 1. The molecule has 3 unspecified atom stereocenters. The second kappa shape index (κ2) is 5.45. The summed E-state index contributed by atoms with van der Waals surface area (Å²) < 4.78 is 1.15. The molecule has 0 amide bonds. The van der Waals surface area contributed by atoms with Gasteiger partial charge in [-0.05, 0) is 56.2 Å². The number of rotatable bonds is 2. The van der Waals surface area contributed by atoms with Crippen molar-refractivity contribution in [3.8, 4) is 0 Å². The van der Waals surface area contributed by atoms with Crippen molar-refractivity contribution in [3.63, 3.8) is 0 Å². The molecule has 1 aromatic rings. The fourth-order valence-corrected chi connectivity index (χ4v) is 4.57. The number of benzene rings is 1. The molecule has 0 bridgehead atoms. The van der Waals surface area contributed by atoms with E-state index in [2.05, 4.69) is 39.0 Å². The van der Waals surface area contributed by atoms with Gasteiger partial charge < -0.3 is 10.6 Å². The van der Waals surface area contributed by atoms with Gasteiger partial charge in [-0.25, -0.2) is 0 Å². The van der Waals surface area contributed by atoms with Gasteiger partial charge >= 0.3 is 0 Å². The van der Waals surface area contributed by atoms with Crippen LogP contribution in [0.1, 0.15) is 50.6 Å². The predicted octanol–water partition coefficient (Wildman–Crippen LogP) is 4.24. The highest BCUT2D eigenvalue weighted by atomic mass is 79.9. The van der Waals surface area contributed by atoms with Gasteiger partial charge in [0.15, 0.2) is 0 Å². The molecule has 2 N–H and O–H groups in total. The summed E-state index contributed by atoms with van der Waals surface area (Å²) in [5, 5.41) is 0. The maximum atomic E-state index is 5.98. The average molecular weight is 323 g/mol. The zero-order chi connectivity index (χ0) is 13.4. The first-order valence-electron chi connectivity index (χ1n) is 7.48. The molecule has 1 saturated carbocycles. The third kappa shape index (κ3) is 2.55. The Morgan fingerprint density at radius 1 is 1.26 bits per heavy atom. The molecular weight excluding hydrogens is 300 g/mol. The van der Waals surface area contributed by atoms with Crippen molar-refractivity contribution in [1.82, 2.24) is 0 Å². The fraction of sp³-hybridized carbons (Fsp3) is 0.625. The first-order chi connectivity index (χ1) is 9.16. The number of nitrogens with two attached hydrogens (primary N) is 1. The standard InChI is InChI=1S/C16H23BrN2/c1-11(18)14-8-7-13(10-15(14)17)19-9-3-5-12-4-2-6-16(12)19/h7-8,10-12,16H,2-6,9,18H2,1H3. The Labute approximate surface area is 124 Å². The van der Waals surface area contributed by atoms with Gasteiger partial charge in [0.25, 0.3) is 0 Å². The lowest BCUT2D eigenvalue weighted by molar-refractivity contribution is 0.362. The largest absolute Gasteiger partial charge is 0.368 e. The zero-order valence-corrected chi connectivity index (χ0v) is 13.2. The van der Waals surface area contributed by atoms with Crippen LogP contribution in [0, 0.1) is 5.92 Å². The van der Waals surface area contributed by atoms with Gasteiger partial charge in [-0.1, -0.05) is 28.4 Å². The third-order valence-corrected chi connectivity index (χ3v) is 5.49.